The zero-order valence-electron chi connectivity index (χ0n) is 11.3. The van der Waals surface area contributed by atoms with E-state index in [-0.39, 0.29) is 11.4 Å². The standard InChI is InChI=1S/C15H19IN2O/c1-15(2)12-8-17-7-10(12)9-18(15)14(19)11-5-3-4-6-13(11)16/h3-6,10,12,17H,7-9H2,1-2H3. The summed E-state index contributed by atoms with van der Waals surface area (Å²) in [6, 6.07) is 7.86. The highest BCUT2D eigenvalue weighted by molar-refractivity contribution is 14.1. The van der Waals surface area contributed by atoms with Crippen molar-refractivity contribution in [2.45, 2.75) is 19.4 Å². The fraction of sp³-hybridized carbons (Fsp3) is 0.533. The van der Waals surface area contributed by atoms with Gasteiger partial charge in [0.15, 0.2) is 0 Å². The first-order chi connectivity index (χ1) is 9.01. The van der Waals surface area contributed by atoms with E-state index in [1.807, 2.05) is 24.3 Å². The molecular weight excluding hydrogens is 351 g/mol. The zero-order valence-corrected chi connectivity index (χ0v) is 13.5. The third kappa shape index (κ3) is 2.09. The molecule has 3 nitrogen and oxygen atoms in total. The molecule has 2 heterocycles. The fourth-order valence-electron chi connectivity index (χ4n) is 3.55. The summed E-state index contributed by atoms with van der Waals surface area (Å²) in [5.74, 6) is 1.38. The molecule has 0 radical (unpaired) electrons. The molecule has 1 aromatic rings. The van der Waals surface area contributed by atoms with Crippen LogP contribution in [0.1, 0.15) is 24.2 Å². The van der Waals surface area contributed by atoms with Crippen LogP contribution >= 0.6 is 22.6 Å². The van der Waals surface area contributed by atoms with Gasteiger partial charge in [0.05, 0.1) is 5.56 Å². The molecule has 2 aliphatic heterocycles. The highest BCUT2D eigenvalue weighted by Gasteiger charge is 2.51. The van der Waals surface area contributed by atoms with Crippen LogP contribution in [0.5, 0.6) is 0 Å². The van der Waals surface area contributed by atoms with Crippen LogP contribution in [-0.4, -0.2) is 36.0 Å². The molecular formula is C15H19IN2O. The minimum Gasteiger partial charge on any atom is -0.333 e. The number of nitrogens with zero attached hydrogens (tertiary/aromatic N) is 1. The Bertz CT molecular complexity index is 515. The molecule has 0 aromatic heterocycles. The van der Waals surface area contributed by atoms with Crippen LogP contribution in [0.4, 0.5) is 0 Å². The van der Waals surface area contributed by atoms with Gasteiger partial charge in [0.1, 0.15) is 0 Å². The maximum atomic E-state index is 12.8. The Morgan fingerprint density at radius 2 is 2.11 bits per heavy atom. The third-order valence-corrected chi connectivity index (χ3v) is 5.65. The number of halogens is 1. The van der Waals surface area contributed by atoms with Gasteiger partial charge in [-0.25, -0.2) is 0 Å². The molecule has 2 fully saturated rings. The molecule has 2 atom stereocenters. The highest BCUT2D eigenvalue weighted by Crippen LogP contribution is 2.41. The molecule has 0 saturated carbocycles. The fourth-order valence-corrected chi connectivity index (χ4v) is 4.16. The third-order valence-electron chi connectivity index (χ3n) is 4.71. The van der Waals surface area contributed by atoms with Crippen molar-refractivity contribution in [3.63, 3.8) is 0 Å². The van der Waals surface area contributed by atoms with Crippen molar-refractivity contribution < 1.29 is 4.79 Å². The van der Waals surface area contributed by atoms with Crippen molar-refractivity contribution in [2.24, 2.45) is 11.8 Å². The summed E-state index contributed by atoms with van der Waals surface area (Å²) in [5, 5.41) is 3.45. The summed E-state index contributed by atoms with van der Waals surface area (Å²) in [6.07, 6.45) is 0. The SMILES string of the molecule is CC1(C)C2CNCC2CN1C(=O)c1ccccc1I. The van der Waals surface area contributed by atoms with Gasteiger partial charge in [0.2, 0.25) is 0 Å². The summed E-state index contributed by atoms with van der Waals surface area (Å²) in [6.45, 7) is 7.38. The second-order valence-corrected chi connectivity index (χ2v) is 7.24. The van der Waals surface area contributed by atoms with E-state index < -0.39 is 0 Å². The quantitative estimate of drug-likeness (QED) is 0.770. The average molecular weight is 370 g/mol. The van der Waals surface area contributed by atoms with E-state index >= 15 is 0 Å². The van der Waals surface area contributed by atoms with E-state index in [4.69, 9.17) is 0 Å². The zero-order chi connectivity index (χ0) is 13.6. The Balaban J connectivity index is 1.91. The Morgan fingerprint density at radius 1 is 1.37 bits per heavy atom. The summed E-state index contributed by atoms with van der Waals surface area (Å²) >= 11 is 2.25. The van der Waals surface area contributed by atoms with Gasteiger partial charge in [-0.1, -0.05) is 12.1 Å². The van der Waals surface area contributed by atoms with Gasteiger partial charge in [0.25, 0.3) is 5.91 Å². The molecule has 1 aromatic carbocycles. The molecule has 0 bridgehead atoms. The van der Waals surface area contributed by atoms with E-state index in [0.717, 1.165) is 28.8 Å². The Hall–Kier alpha value is -0.620. The number of amides is 1. The van der Waals surface area contributed by atoms with Gasteiger partial charge in [-0.2, -0.15) is 0 Å². The van der Waals surface area contributed by atoms with E-state index in [9.17, 15) is 4.79 Å². The smallest absolute Gasteiger partial charge is 0.255 e. The van der Waals surface area contributed by atoms with Gasteiger partial charge >= 0.3 is 0 Å². The lowest BCUT2D eigenvalue weighted by molar-refractivity contribution is 0.0602. The predicted octanol–water partition coefficient (Wildman–Crippen LogP) is 2.36. The molecule has 102 valence electrons. The second-order valence-electron chi connectivity index (χ2n) is 6.07. The first-order valence-corrected chi connectivity index (χ1v) is 7.87. The van der Waals surface area contributed by atoms with Crippen molar-refractivity contribution in [1.82, 2.24) is 10.2 Å². The number of likely N-dealkylation sites (tertiary alicyclic amines) is 1. The minimum absolute atomic E-state index is 0.0514. The maximum Gasteiger partial charge on any atom is 0.255 e. The van der Waals surface area contributed by atoms with Crippen LogP contribution in [-0.2, 0) is 0 Å². The number of hydrogen-bond acceptors (Lipinski definition) is 2. The van der Waals surface area contributed by atoms with E-state index in [2.05, 4.69) is 46.7 Å². The maximum absolute atomic E-state index is 12.8. The van der Waals surface area contributed by atoms with Crippen LogP contribution in [0.15, 0.2) is 24.3 Å². The molecule has 2 saturated heterocycles. The van der Waals surface area contributed by atoms with Gasteiger partial charge in [-0.15, -0.1) is 0 Å². The van der Waals surface area contributed by atoms with Crippen LogP contribution < -0.4 is 5.32 Å². The van der Waals surface area contributed by atoms with E-state index in [1.54, 1.807) is 0 Å². The number of carbonyl (C=O) groups excluding carboxylic acids is 1. The van der Waals surface area contributed by atoms with Gasteiger partial charge in [0, 0.05) is 28.7 Å². The number of fused-ring (bicyclic) bond motifs is 1. The Kier molecular flexibility index (Phi) is 3.33. The van der Waals surface area contributed by atoms with Gasteiger partial charge in [-0.3, -0.25) is 4.79 Å². The number of hydrogen-bond donors (Lipinski definition) is 1. The molecule has 1 N–H and O–H groups in total. The van der Waals surface area contributed by atoms with E-state index in [0.29, 0.717) is 11.8 Å². The topological polar surface area (TPSA) is 32.3 Å². The highest BCUT2D eigenvalue weighted by atomic mass is 127. The molecule has 2 aliphatic rings. The van der Waals surface area contributed by atoms with Crippen molar-refractivity contribution in [3.8, 4) is 0 Å². The van der Waals surface area contributed by atoms with Crippen molar-refractivity contribution in [2.75, 3.05) is 19.6 Å². The van der Waals surface area contributed by atoms with Crippen LogP contribution in [0, 0.1) is 15.4 Å². The number of rotatable bonds is 1. The summed E-state index contributed by atoms with van der Waals surface area (Å²) in [7, 11) is 0. The lowest BCUT2D eigenvalue weighted by Gasteiger charge is -2.35. The predicted molar refractivity (Wildman–Crippen MR) is 84.1 cm³/mol. The van der Waals surface area contributed by atoms with Crippen LogP contribution in [0.3, 0.4) is 0 Å². The summed E-state index contributed by atoms with van der Waals surface area (Å²) < 4.78 is 1.04. The summed E-state index contributed by atoms with van der Waals surface area (Å²) in [5.41, 5.74) is 0.786. The molecule has 4 heteroatoms. The largest absolute Gasteiger partial charge is 0.333 e. The van der Waals surface area contributed by atoms with Crippen molar-refractivity contribution in [3.05, 3.63) is 33.4 Å². The van der Waals surface area contributed by atoms with E-state index in [1.165, 1.54) is 0 Å². The second kappa shape index (κ2) is 4.74. The normalized spacial score (nSPS) is 28.5. The molecule has 19 heavy (non-hydrogen) atoms. The van der Waals surface area contributed by atoms with Gasteiger partial charge in [-0.05, 0) is 60.4 Å². The minimum atomic E-state index is -0.0514. The molecule has 0 spiro atoms. The van der Waals surface area contributed by atoms with Gasteiger partial charge < -0.3 is 10.2 Å². The van der Waals surface area contributed by atoms with Crippen molar-refractivity contribution in [1.29, 1.82) is 0 Å². The molecule has 2 unspecified atom stereocenters. The molecule has 0 aliphatic carbocycles. The lowest BCUT2D eigenvalue weighted by Crippen LogP contribution is -2.47. The number of carbonyl (C=O) groups is 1. The Labute approximate surface area is 127 Å². The van der Waals surface area contributed by atoms with Crippen LogP contribution in [0.25, 0.3) is 0 Å². The average Bonchev–Trinajstić information content (AvgIpc) is 2.92. The first kappa shape index (κ1) is 13.4. The Morgan fingerprint density at radius 3 is 2.79 bits per heavy atom. The first-order valence-electron chi connectivity index (χ1n) is 6.79. The van der Waals surface area contributed by atoms with Crippen LogP contribution in [0.2, 0.25) is 0 Å². The molecule has 1 amide bonds. The lowest BCUT2D eigenvalue weighted by atomic mass is 9.84. The number of nitrogens with one attached hydrogen (secondary N) is 1. The molecule has 3 rings (SSSR count). The monoisotopic (exact) mass is 370 g/mol. The summed E-state index contributed by atoms with van der Waals surface area (Å²) in [4.78, 5) is 14.9. The number of benzene rings is 1. The van der Waals surface area contributed by atoms with Crippen molar-refractivity contribution >= 4 is 28.5 Å².